The summed E-state index contributed by atoms with van der Waals surface area (Å²) in [6.07, 6.45) is 0. The first kappa shape index (κ1) is 18.1. The summed E-state index contributed by atoms with van der Waals surface area (Å²) in [5.41, 5.74) is 1.94. The van der Waals surface area contributed by atoms with Gasteiger partial charge in [-0.05, 0) is 42.5 Å². The average molecular weight is 388 g/mol. The summed E-state index contributed by atoms with van der Waals surface area (Å²) in [5, 5.41) is 6.22. The van der Waals surface area contributed by atoms with Crippen molar-refractivity contribution in [1.29, 1.82) is 0 Å². The molecule has 0 atom stereocenters. The number of carbonyl (C=O) groups excluding carboxylic acids is 2. The van der Waals surface area contributed by atoms with Gasteiger partial charge in [-0.25, -0.2) is 4.79 Å². The van der Waals surface area contributed by atoms with Gasteiger partial charge in [0.25, 0.3) is 5.91 Å². The molecule has 1 heterocycles. The van der Waals surface area contributed by atoms with Crippen molar-refractivity contribution < 1.29 is 9.59 Å². The Morgan fingerprint density at radius 2 is 1.96 bits per heavy atom. The smallest absolute Gasteiger partial charge is 0.321 e. The molecular formula is C19H15Cl2N3O2. The molecule has 0 aliphatic carbocycles. The van der Waals surface area contributed by atoms with Crippen LogP contribution in [0.5, 0.6) is 0 Å². The number of rotatable bonds is 3. The Morgan fingerprint density at radius 3 is 2.65 bits per heavy atom. The number of anilines is 1. The van der Waals surface area contributed by atoms with Gasteiger partial charge in [-0.15, -0.1) is 0 Å². The van der Waals surface area contributed by atoms with Crippen LogP contribution in [0.4, 0.5) is 10.5 Å². The van der Waals surface area contributed by atoms with Crippen LogP contribution in [0.15, 0.2) is 42.5 Å². The summed E-state index contributed by atoms with van der Waals surface area (Å²) in [7, 11) is 0. The maximum absolute atomic E-state index is 12.1. The van der Waals surface area contributed by atoms with Crippen molar-refractivity contribution in [2.45, 2.75) is 0 Å². The Labute approximate surface area is 161 Å². The maximum Gasteiger partial charge on any atom is 0.321 e. The molecule has 132 valence electrons. The fraction of sp³-hybridized carbons (Fsp3) is 0.158. The van der Waals surface area contributed by atoms with Gasteiger partial charge in [0.2, 0.25) is 0 Å². The van der Waals surface area contributed by atoms with E-state index in [9.17, 15) is 9.59 Å². The lowest BCUT2D eigenvalue weighted by Gasteiger charge is -2.13. The van der Waals surface area contributed by atoms with Crippen LogP contribution < -0.4 is 15.5 Å². The Kier molecular flexibility index (Phi) is 5.67. The van der Waals surface area contributed by atoms with Crippen molar-refractivity contribution in [3.8, 4) is 11.8 Å². The lowest BCUT2D eigenvalue weighted by Crippen LogP contribution is -2.27. The van der Waals surface area contributed by atoms with E-state index in [0.29, 0.717) is 28.7 Å². The minimum Gasteiger partial charge on any atom is -0.341 e. The third-order valence-electron chi connectivity index (χ3n) is 3.78. The van der Waals surface area contributed by atoms with Gasteiger partial charge in [0, 0.05) is 29.4 Å². The molecule has 3 amide bonds. The summed E-state index contributed by atoms with van der Waals surface area (Å²) < 4.78 is 0. The highest BCUT2D eigenvalue weighted by atomic mass is 35.5. The van der Waals surface area contributed by atoms with E-state index in [1.807, 2.05) is 24.3 Å². The normalized spacial score (nSPS) is 13.0. The molecule has 0 aromatic heterocycles. The molecule has 2 aromatic carbocycles. The summed E-state index contributed by atoms with van der Waals surface area (Å²) in [5.74, 6) is 5.52. The molecule has 5 nitrogen and oxygen atoms in total. The van der Waals surface area contributed by atoms with Crippen molar-refractivity contribution in [3.05, 3.63) is 63.6 Å². The SMILES string of the molecule is O=C(NCC#Cc1ccc(N2CCNC2=O)cc1)c1cc(Cl)ccc1Cl. The minimum absolute atomic E-state index is 0.0915. The second-order valence-electron chi connectivity index (χ2n) is 5.54. The van der Waals surface area contributed by atoms with Crippen LogP contribution in [0.3, 0.4) is 0 Å². The van der Waals surface area contributed by atoms with Gasteiger partial charge in [-0.1, -0.05) is 35.0 Å². The Bertz CT molecular complexity index is 901. The largest absolute Gasteiger partial charge is 0.341 e. The zero-order valence-corrected chi connectivity index (χ0v) is 15.2. The molecule has 0 unspecified atom stereocenters. The van der Waals surface area contributed by atoms with E-state index in [4.69, 9.17) is 23.2 Å². The summed E-state index contributed by atoms with van der Waals surface area (Å²) in [6, 6.07) is 12.0. The summed E-state index contributed by atoms with van der Waals surface area (Å²) in [6.45, 7) is 1.48. The number of amides is 3. The highest BCUT2D eigenvalue weighted by molar-refractivity contribution is 6.35. The minimum atomic E-state index is -0.331. The van der Waals surface area contributed by atoms with Gasteiger partial charge in [-0.3, -0.25) is 9.69 Å². The number of nitrogens with one attached hydrogen (secondary N) is 2. The average Bonchev–Trinajstić information content (AvgIpc) is 3.07. The molecule has 0 spiro atoms. The predicted molar refractivity (Wildman–Crippen MR) is 103 cm³/mol. The van der Waals surface area contributed by atoms with Gasteiger partial charge < -0.3 is 10.6 Å². The number of halogens is 2. The quantitative estimate of drug-likeness (QED) is 0.793. The predicted octanol–water partition coefficient (Wildman–Crippen LogP) is 3.30. The Hall–Kier alpha value is -2.68. The Morgan fingerprint density at radius 1 is 1.19 bits per heavy atom. The van der Waals surface area contributed by atoms with E-state index in [-0.39, 0.29) is 18.5 Å². The zero-order valence-electron chi connectivity index (χ0n) is 13.7. The second-order valence-corrected chi connectivity index (χ2v) is 6.38. The lowest BCUT2D eigenvalue weighted by molar-refractivity contribution is 0.0959. The van der Waals surface area contributed by atoms with E-state index >= 15 is 0 Å². The highest BCUT2D eigenvalue weighted by Crippen LogP contribution is 2.20. The summed E-state index contributed by atoms with van der Waals surface area (Å²) >= 11 is 11.9. The van der Waals surface area contributed by atoms with E-state index in [2.05, 4.69) is 22.5 Å². The molecule has 0 bridgehead atoms. The van der Waals surface area contributed by atoms with Crippen LogP contribution in [0, 0.1) is 11.8 Å². The molecule has 2 aromatic rings. The third-order valence-corrected chi connectivity index (χ3v) is 4.34. The van der Waals surface area contributed by atoms with Crippen LogP contribution in [0.25, 0.3) is 0 Å². The fourth-order valence-corrected chi connectivity index (χ4v) is 2.86. The monoisotopic (exact) mass is 387 g/mol. The molecule has 26 heavy (non-hydrogen) atoms. The molecule has 0 radical (unpaired) electrons. The molecule has 1 saturated heterocycles. The van der Waals surface area contributed by atoms with Gasteiger partial charge in [0.15, 0.2) is 0 Å². The van der Waals surface area contributed by atoms with Crippen molar-refractivity contribution in [2.24, 2.45) is 0 Å². The molecule has 0 saturated carbocycles. The van der Waals surface area contributed by atoms with Crippen molar-refractivity contribution in [2.75, 3.05) is 24.5 Å². The van der Waals surface area contributed by atoms with Crippen LogP contribution in [-0.2, 0) is 0 Å². The van der Waals surface area contributed by atoms with Gasteiger partial charge in [0.05, 0.1) is 17.1 Å². The number of hydrogen-bond donors (Lipinski definition) is 2. The molecule has 2 N–H and O–H groups in total. The third kappa shape index (κ3) is 4.29. The second kappa shape index (κ2) is 8.13. The topological polar surface area (TPSA) is 61.4 Å². The van der Waals surface area contributed by atoms with Crippen LogP contribution in [-0.4, -0.2) is 31.6 Å². The van der Waals surface area contributed by atoms with Crippen LogP contribution >= 0.6 is 23.2 Å². The van der Waals surface area contributed by atoms with Gasteiger partial charge >= 0.3 is 6.03 Å². The maximum atomic E-state index is 12.1. The molecule has 1 fully saturated rings. The first-order chi connectivity index (χ1) is 12.5. The fourth-order valence-electron chi connectivity index (χ4n) is 2.48. The number of hydrogen-bond acceptors (Lipinski definition) is 2. The van der Waals surface area contributed by atoms with Crippen molar-refractivity contribution in [3.63, 3.8) is 0 Å². The highest BCUT2D eigenvalue weighted by Gasteiger charge is 2.20. The first-order valence-electron chi connectivity index (χ1n) is 7.92. The molecule has 3 rings (SSSR count). The van der Waals surface area contributed by atoms with Crippen LogP contribution in [0.1, 0.15) is 15.9 Å². The Balaban J connectivity index is 1.57. The van der Waals surface area contributed by atoms with Crippen LogP contribution in [0.2, 0.25) is 10.0 Å². The number of carbonyl (C=O) groups is 2. The number of urea groups is 1. The van der Waals surface area contributed by atoms with Crippen molar-refractivity contribution >= 4 is 40.8 Å². The van der Waals surface area contributed by atoms with Gasteiger partial charge in [-0.2, -0.15) is 0 Å². The van der Waals surface area contributed by atoms with Gasteiger partial charge in [0.1, 0.15) is 0 Å². The zero-order chi connectivity index (χ0) is 18.5. The molecular weight excluding hydrogens is 373 g/mol. The van der Waals surface area contributed by atoms with E-state index in [0.717, 1.165) is 11.3 Å². The first-order valence-corrected chi connectivity index (χ1v) is 8.68. The van der Waals surface area contributed by atoms with E-state index in [1.54, 1.807) is 17.0 Å². The number of nitrogens with zero attached hydrogens (tertiary/aromatic N) is 1. The summed E-state index contributed by atoms with van der Waals surface area (Å²) in [4.78, 5) is 25.4. The lowest BCUT2D eigenvalue weighted by atomic mass is 10.2. The van der Waals surface area contributed by atoms with Crippen molar-refractivity contribution in [1.82, 2.24) is 10.6 Å². The number of benzene rings is 2. The standard InChI is InChI=1S/C19H15Cl2N3O2/c20-14-5-8-17(21)16(12-14)18(25)22-9-1-2-13-3-6-15(7-4-13)24-11-10-23-19(24)26/h3-8,12H,9-11H2,(H,22,25)(H,23,26). The molecule has 7 heteroatoms. The van der Waals surface area contributed by atoms with E-state index < -0.39 is 0 Å². The molecule has 1 aliphatic rings. The van der Waals surface area contributed by atoms with E-state index in [1.165, 1.54) is 6.07 Å². The molecule has 1 aliphatic heterocycles.